The van der Waals surface area contributed by atoms with Gasteiger partial charge in [-0.2, -0.15) is 0 Å². The van der Waals surface area contributed by atoms with Gasteiger partial charge in [-0.15, -0.1) is 0 Å². The van der Waals surface area contributed by atoms with E-state index in [1.807, 2.05) is 19.9 Å². The van der Waals surface area contributed by atoms with Crippen LogP contribution in [0, 0.1) is 11.8 Å². The van der Waals surface area contributed by atoms with E-state index in [1.165, 1.54) is 98.3 Å². The Morgan fingerprint density at radius 2 is 1.52 bits per heavy atom. The van der Waals surface area contributed by atoms with Crippen molar-refractivity contribution in [3.8, 4) is 0 Å². The minimum Gasteiger partial charge on any atom is -0.317 e. The number of nitrogens with one attached hydrogen (secondary N) is 1. The zero-order valence-corrected chi connectivity index (χ0v) is 27.7. The van der Waals surface area contributed by atoms with Crippen molar-refractivity contribution < 1.29 is 4.79 Å². The van der Waals surface area contributed by atoms with E-state index in [9.17, 15) is 4.79 Å². The van der Waals surface area contributed by atoms with Crippen LogP contribution in [0.5, 0.6) is 0 Å². The third-order valence-electron chi connectivity index (χ3n) is 8.45. The second-order valence-electron chi connectivity index (χ2n) is 11.6. The minimum absolute atomic E-state index is 0.189. The van der Waals surface area contributed by atoms with E-state index in [4.69, 9.17) is 0 Å². The van der Waals surface area contributed by atoms with Gasteiger partial charge in [0, 0.05) is 0 Å². The van der Waals surface area contributed by atoms with E-state index in [-0.39, 0.29) is 11.7 Å². The number of rotatable bonds is 9. The topological polar surface area (TPSA) is 29.1 Å². The Hall–Kier alpha value is -2.71. The molecule has 2 heteroatoms. The molecule has 3 aromatic carbocycles. The van der Waals surface area contributed by atoms with Crippen LogP contribution in [0.15, 0.2) is 72.3 Å². The van der Waals surface area contributed by atoms with Gasteiger partial charge in [-0.25, -0.2) is 0 Å². The summed E-state index contributed by atoms with van der Waals surface area (Å²) in [5.41, 5.74) is 4.82. The monoisotopic (exact) mass is 569 g/mol. The molecule has 1 N–H and O–H groups in total. The van der Waals surface area contributed by atoms with Crippen LogP contribution in [0.2, 0.25) is 0 Å². The number of unbranched alkanes of at least 4 members (excludes halogenated alkanes) is 1. The van der Waals surface area contributed by atoms with Crippen molar-refractivity contribution in [2.45, 2.75) is 112 Å². The van der Waals surface area contributed by atoms with Crippen LogP contribution in [-0.2, 0) is 17.6 Å². The van der Waals surface area contributed by atoms with Crippen molar-refractivity contribution in [3.63, 3.8) is 0 Å². The lowest BCUT2D eigenvalue weighted by Gasteiger charge is -2.26. The lowest BCUT2D eigenvalue weighted by molar-refractivity contribution is -0.114. The van der Waals surface area contributed by atoms with Crippen molar-refractivity contribution >= 4 is 22.6 Å². The molecule has 1 saturated heterocycles. The number of piperidine rings is 1. The van der Waals surface area contributed by atoms with E-state index in [2.05, 4.69) is 92.8 Å². The van der Waals surface area contributed by atoms with E-state index in [1.54, 1.807) is 6.92 Å². The molecule has 42 heavy (non-hydrogen) atoms. The van der Waals surface area contributed by atoms with Crippen molar-refractivity contribution in [2.75, 3.05) is 13.1 Å². The molecule has 0 radical (unpaired) electrons. The first-order valence-corrected chi connectivity index (χ1v) is 17.0. The smallest absolute Gasteiger partial charge is 0.156 e. The maximum Gasteiger partial charge on any atom is 0.156 e. The molecule has 0 spiro atoms. The third-order valence-corrected chi connectivity index (χ3v) is 8.45. The molecule has 1 aliphatic heterocycles. The maximum atomic E-state index is 12.3. The molecule has 0 amide bonds. The molecule has 2 atom stereocenters. The zero-order chi connectivity index (χ0) is 30.6. The van der Waals surface area contributed by atoms with Crippen LogP contribution in [0.4, 0.5) is 0 Å². The van der Waals surface area contributed by atoms with Gasteiger partial charge in [0.15, 0.2) is 5.78 Å². The van der Waals surface area contributed by atoms with Gasteiger partial charge in [0.25, 0.3) is 0 Å². The predicted molar refractivity (Wildman–Crippen MR) is 186 cm³/mol. The number of carbonyl (C=O) groups is 1. The normalized spacial score (nSPS) is 16.2. The van der Waals surface area contributed by atoms with E-state index < -0.39 is 0 Å². The van der Waals surface area contributed by atoms with Crippen LogP contribution in [0.3, 0.4) is 0 Å². The standard InChI is InChI=1S/C23H20O.C10H22.C5H11N.C2H6/c1-16(24)22-15-23-19(12-11-18-9-5-6-10-21(18)23)14-20(22)13-17-7-3-2-4-8-17;1-4-7-9-10(6-3)8-5-2;1-2-4-6-5-3-1;1-2/h2-12,15,20H,13-14H2,1H3;10H,4-9H2,1-3H3;6H,1-5H2;1-2H3. The molecule has 1 fully saturated rings. The first-order chi connectivity index (χ1) is 20.6. The molecular formula is C40H59NO. The van der Waals surface area contributed by atoms with E-state index >= 15 is 0 Å². The summed E-state index contributed by atoms with van der Waals surface area (Å²) in [7, 11) is 0. The lowest BCUT2D eigenvalue weighted by Crippen LogP contribution is -2.21. The summed E-state index contributed by atoms with van der Waals surface area (Å²) in [6.45, 7) is 15.1. The highest BCUT2D eigenvalue weighted by molar-refractivity contribution is 6.03. The predicted octanol–water partition coefficient (Wildman–Crippen LogP) is 11.0. The fraction of sp³-hybridized carbons (Fsp3) is 0.525. The van der Waals surface area contributed by atoms with Crippen LogP contribution < -0.4 is 5.32 Å². The first-order valence-electron chi connectivity index (χ1n) is 17.0. The highest BCUT2D eigenvalue weighted by atomic mass is 16.1. The molecule has 2 unspecified atom stereocenters. The Labute approximate surface area is 258 Å². The quantitative estimate of drug-likeness (QED) is 0.278. The Bertz CT molecular complexity index is 1160. The number of hydrogen-bond donors (Lipinski definition) is 1. The Morgan fingerprint density at radius 1 is 0.833 bits per heavy atom. The fourth-order valence-corrected chi connectivity index (χ4v) is 6.06. The number of hydrogen-bond acceptors (Lipinski definition) is 2. The van der Waals surface area contributed by atoms with Crippen LogP contribution in [-0.4, -0.2) is 18.9 Å². The van der Waals surface area contributed by atoms with Gasteiger partial charge in [0.2, 0.25) is 0 Å². The van der Waals surface area contributed by atoms with Crippen molar-refractivity contribution in [3.05, 3.63) is 89.0 Å². The highest BCUT2D eigenvalue weighted by Crippen LogP contribution is 2.35. The Morgan fingerprint density at radius 3 is 2.10 bits per heavy atom. The Balaban J connectivity index is 0.000000283. The summed E-state index contributed by atoms with van der Waals surface area (Å²) in [6, 6.07) is 23.3. The number of fused-ring (bicyclic) bond motifs is 3. The second kappa shape index (κ2) is 21.1. The summed E-state index contributed by atoms with van der Waals surface area (Å²) >= 11 is 0. The van der Waals surface area contributed by atoms with Crippen LogP contribution in [0.1, 0.15) is 116 Å². The molecule has 0 aromatic heterocycles. The molecule has 1 aliphatic carbocycles. The molecule has 0 saturated carbocycles. The van der Waals surface area contributed by atoms with Gasteiger partial charge < -0.3 is 5.32 Å². The summed E-state index contributed by atoms with van der Waals surface area (Å²) < 4.78 is 0. The second-order valence-corrected chi connectivity index (χ2v) is 11.6. The maximum absolute atomic E-state index is 12.3. The average molecular weight is 570 g/mol. The van der Waals surface area contributed by atoms with Gasteiger partial charge >= 0.3 is 0 Å². The first kappa shape index (κ1) is 35.5. The molecular weight excluding hydrogens is 510 g/mol. The van der Waals surface area contributed by atoms with Crippen LogP contribution >= 0.6 is 0 Å². The van der Waals surface area contributed by atoms with Gasteiger partial charge in [0.05, 0.1) is 0 Å². The largest absolute Gasteiger partial charge is 0.317 e. The van der Waals surface area contributed by atoms with Crippen molar-refractivity contribution in [2.24, 2.45) is 11.8 Å². The summed E-state index contributed by atoms with van der Waals surface area (Å²) in [5, 5.41) is 5.76. The summed E-state index contributed by atoms with van der Waals surface area (Å²) in [4.78, 5) is 12.3. The number of ketones is 1. The molecule has 2 nitrogen and oxygen atoms in total. The molecule has 0 bridgehead atoms. The number of allylic oxidation sites excluding steroid dienone is 1. The van der Waals surface area contributed by atoms with Crippen LogP contribution in [0.25, 0.3) is 16.8 Å². The van der Waals surface area contributed by atoms with Gasteiger partial charge in [0.1, 0.15) is 0 Å². The average Bonchev–Trinajstić information content (AvgIpc) is 3.05. The zero-order valence-electron chi connectivity index (χ0n) is 27.7. The van der Waals surface area contributed by atoms with Crippen molar-refractivity contribution in [1.29, 1.82) is 0 Å². The molecule has 3 aromatic rings. The number of Topliss-reactive ketones (excluding diaryl/α,β-unsaturated/α-hetero) is 1. The SMILES string of the molecule is C1CCNCC1.CC.CC(=O)C1=Cc2c(ccc3ccccc23)CC1Cc1ccccc1.CCCCC(CC)CCC. The molecule has 2 aliphatic rings. The molecule has 230 valence electrons. The van der Waals surface area contributed by atoms with Crippen molar-refractivity contribution in [1.82, 2.24) is 5.32 Å². The number of benzene rings is 3. The number of carbonyl (C=O) groups excluding carboxylic acids is 1. The van der Waals surface area contributed by atoms with Gasteiger partial charge in [-0.1, -0.05) is 146 Å². The van der Waals surface area contributed by atoms with E-state index in [0.29, 0.717) is 0 Å². The summed E-state index contributed by atoms with van der Waals surface area (Å²) in [6.07, 6.45) is 16.6. The van der Waals surface area contributed by atoms with E-state index in [0.717, 1.165) is 24.3 Å². The Kier molecular flexibility index (Phi) is 17.8. The molecule has 1 heterocycles. The lowest BCUT2D eigenvalue weighted by atomic mass is 9.77. The highest BCUT2D eigenvalue weighted by Gasteiger charge is 2.25. The summed E-state index contributed by atoms with van der Waals surface area (Å²) in [5.74, 6) is 1.47. The van der Waals surface area contributed by atoms with Gasteiger partial charge in [-0.05, 0) is 96.6 Å². The molecule has 5 rings (SSSR count). The van der Waals surface area contributed by atoms with Gasteiger partial charge in [-0.3, -0.25) is 4.79 Å². The third kappa shape index (κ3) is 11.9. The fourth-order valence-electron chi connectivity index (χ4n) is 6.06. The minimum atomic E-state index is 0.189.